The third kappa shape index (κ3) is 2.00. The average molecular weight is 266 g/mol. The number of aryl methyl sites for hydroxylation is 2. The molecule has 102 valence electrons. The average Bonchev–Trinajstić information content (AvgIpc) is 2.80. The summed E-state index contributed by atoms with van der Waals surface area (Å²) in [4.78, 5) is 4.70. The van der Waals surface area contributed by atoms with E-state index in [4.69, 9.17) is 4.98 Å². The van der Waals surface area contributed by atoms with Crippen molar-refractivity contribution >= 4 is 5.65 Å². The number of imidazole rings is 1. The molecule has 3 aromatic rings. The van der Waals surface area contributed by atoms with Crippen LogP contribution in [0.5, 0.6) is 0 Å². The number of rotatable bonds is 2. The Morgan fingerprint density at radius 1 is 1.05 bits per heavy atom. The molecule has 1 N–H and O–H groups in total. The Bertz CT molecular complexity index is 755. The van der Waals surface area contributed by atoms with Gasteiger partial charge in [-0.2, -0.15) is 0 Å². The van der Waals surface area contributed by atoms with Crippen LogP contribution in [-0.4, -0.2) is 14.5 Å². The summed E-state index contributed by atoms with van der Waals surface area (Å²) in [5.41, 5.74) is 5.90. The van der Waals surface area contributed by atoms with Crippen molar-refractivity contribution in [2.45, 2.75) is 26.9 Å². The number of benzene rings is 1. The smallest absolute Gasteiger partial charge is 0.137 e. The summed E-state index contributed by atoms with van der Waals surface area (Å²) in [5, 5.41) is 10.2. The van der Waals surface area contributed by atoms with Crippen molar-refractivity contribution in [1.29, 1.82) is 0 Å². The maximum Gasteiger partial charge on any atom is 0.137 e. The fourth-order valence-corrected chi connectivity index (χ4v) is 2.59. The molecule has 3 nitrogen and oxygen atoms in total. The Morgan fingerprint density at radius 2 is 1.75 bits per heavy atom. The highest BCUT2D eigenvalue weighted by molar-refractivity contribution is 5.67. The first kappa shape index (κ1) is 12.9. The standard InChI is InChI=1S/C17H18N2O/c1-11-7-9-14(10-8-11)16-17(13(3)20)19-12(2)5-4-6-15(19)18-16/h4-10,13,20H,1-3H3. The molecule has 3 heteroatoms. The van der Waals surface area contributed by atoms with E-state index in [1.54, 1.807) is 6.92 Å². The molecular formula is C17H18N2O. The molecule has 1 unspecified atom stereocenters. The van der Waals surface area contributed by atoms with Crippen LogP contribution in [0.15, 0.2) is 42.5 Å². The molecule has 3 rings (SSSR count). The van der Waals surface area contributed by atoms with Crippen molar-refractivity contribution < 1.29 is 5.11 Å². The SMILES string of the molecule is Cc1ccc(-c2nc3cccc(C)n3c2C(C)O)cc1. The summed E-state index contributed by atoms with van der Waals surface area (Å²) in [7, 11) is 0. The monoisotopic (exact) mass is 266 g/mol. The van der Waals surface area contributed by atoms with E-state index in [2.05, 4.69) is 31.2 Å². The third-order valence-electron chi connectivity index (χ3n) is 3.60. The molecule has 0 aliphatic carbocycles. The van der Waals surface area contributed by atoms with E-state index in [0.717, 1.165) is 28.3 Å². The van der Waals surface area contributed by atoms with Crippen molar-refractivity contribution in [3.8, 4) is 11.3 Å². The number of aliphatic hydroxyl groups is 1. The molecule has 0 saturated heterocycles. The maximum absolute atomic E-state index is 10.2. The van der Waals surface area contributed by atoms with E-state index in [1.165, 1.54) is 5.56 Å². The molecule has 1 atom stereocenters. The molecule has 1 aromatic carbocycles. The molecule has 0 spiro atoms. The Balaban J connectivity index is 2.32. The zero-order valence-electron chi connectivity index (χ0n) is 12.0. The van der Waals surface area contributed by atoms with Crippen molar-refractivity contribution in [2.24, 2.45) is 0 Å². The highest BCUT2D eigenvalue weighted by atomic mass is 16.3. The lowest BCUT2D eigenvalue weighted by atomic mass is 10.1. The lowest BCUT2D eigenvalue weighted by molar-refractivity contribution is 0.194. The summed E-state index contributed by atoms with van der Waals surface area (Å²) in [6.07, 6.45) is -0.567. The van der Waals surface area contributed by atoms with Crippen LogP contribution in [-0.2, 0) is 0 Å². The maximum atomic E-state index is 10.2. The predicted molar refractivity (Wildman–Crippen MR) is 80.7 cm³/mol. The molecule has 2 heterocycles. The van der Waals surface area contributed by atoms with Gasteiger partial charge in [-0.05, 0) is 32.9 Å². The van der Waals surface area contributed by atoms with Crippen LogP contribution < -0.4 is 0 Å². The van der Waals surface area contributed by atoms with Gasteiger partial charge in [-0.25, -0.2) is 4.98 Å². The fourth-order valence-electron chi connectivity index (χ4n) is 2.59. The quantitative estimate of drug-likeness (QED) is 0.768. The number of nitrogens with zero attached hydrogens (tertiary/aromatic N) is 2. The lowest BCUT2D eigenvalue weighted by Crippen LogP contribution is -2.02. The van der Waals surface area contributed by atoms with Gasteiger partial charge in [0.1, 0.15) is 5.65 Å². The minimum atomic E-state index is -0.567. The van der Waals surface area contributed by atoms with Gasteiger partial charge in [-0.1, -0.05) is 35.9 Å². The van der Waals surface area contributed by atoms with Gasteiger partial charge in [0.05, 0.1) is 17.5 Å². The summed E-state index contributed by atoms with van der Waals surface area (Å²) in [5.74, 6) is 0. The summed E-state index contributed by atoms with van der Waals surface area (Å²) >= 11 is 0. The number of hydrogen-bond acceptors (Lipinski definition) is 2. The third-order valence-corrected chi connectivity index (χ3v) is 3.60. The van der Waals surface area contributed by atoms with Gasteiger partial charge in [0, 0.05) is 11.3 Å². The van der Waals surface area contributed by atoms with Crippen molar-refractivity contribution in [1.82, 2.24) is 9.38 Å². The zero-order valence-corrected chi connectivity index (χ0v) is 12.0. The van der Waals surface area contributed by atoms with Crippen LogP contribution in [0.4, 0.5) is 0 Å². The number of fused-ring (bicyclic) bond motifs is 1. The summed E-state index contributed by atoms with van der Waals surface area (Å²) in [6.45, 7) is 5.88. The molecule has 0 radical (unpaired) electrons. The molecule has 0 saturated carbocycles. The van der Waals surface area contributed by atoms with Gasteiger partial charge < -0.3 is 5.11 Å². The second-order valence-corrected chi connectivity index (χ2v) is 5.25. The van der Waals surface area contributed by atoms with Crippen LogP contribution >= 0.6 is 0 Å². The van der Waals surface area contributed by atoms with Gasteiger partial charge in [-0.3, -0.25) is 4.40 Å². The van der Waals surface area contributed by atoms with E-state index in [9.17, 15) is 5.11 Å². The predicted octanol–water partition coefficient (Wildman–Crippen LogP) is 3.67. The van der Waals surface area contributed by atoms with E-state index in [0.29, 0.717) is 0 Å². The van der Waals surface area contributed by atoms with Crippen LogP contribution in [0.1, 0.15) is 30.0 Å². The van der Waals surface area contributed by atoms with Crippen LogP contribution in [0.2, 0.25) is 0 Å². The lowest BCUT2D eigenvalue weighted by Gasteiger charge is -2.10. The van der Waals surface area contributed by atoms with Gasteiger partial charge in [-0.15, -0.1) is 0 Å². The summed E-state index contributed by atoms with van der Waals surface area (Å²) in [6, 6.07) is 14.2. The zero-order chi connectivity index (χ0) is 14.3. The first-order valence-corrected chi connectivity index (χ1v) is 6.81. The molecule has 0 aliphatic heterocycles. The molecule has 0 bridgehead atoms. The largest absolute Gasteiger partial charge is 0.387 e. The molecule has 0 aliphatic rings. The first-order chi connectivity index (χ1) is 9.58. The molecule has 20 heavy (non-hydrogen) atoms. The number of aliphatic hydroxyl groups excluding tert-OH is 1. The summed E-state index contributed by atoms with van der Waals surface area (Å²) < 4.78 is 2.03. The number of hydrogen-bond donors (Lipinski definition) is 1. The van der Waals surface area contributed by atoms with Crippen molar-refractivity contribution in [3.63, 3.8) is 0 Å². The van der Waals surface area contributed by atoms with E-state index >= 15 is 0 Å². The van der Waals surface area contributed by atoms with Crippen LogP contribution in [0.3, 0.4) is 0 Å². The fraction of sp³-hybridized carbons (Fsp3) is 0.235. The molecule has 2 aromatic heterocycles. The van der Waals surface area contributed by atoms with Gasteiger partial charge >= 0.3 is 0 Å². The Labute approximate surface area is 118 Å². The van der Waals surface area contributed by atoms with E-state index < -0.39 is 6.10 Å². The van der Waals surface area contributed by atoms with Crippen LogP contribution in [0, 0.1) is 13.8 Å². The topological polar surface area (TPSA) is 37.5 Å². The molecular weight excluding hydrogens is 248 g/mol. The second-order valence-electron chi connectivity index (χ2n) is 5.25. The Morgan fingerprint density at radius 3 is 2.40 bits per heavy atom. The van der Waals surface area contributed by atoms with E-state index in [1.807, 2.05) is 29.5 Å². The molecule has 0 fully saturated rings. The second kappa shape index (κ2) is 4.76. The number of pyridine rings is 1. The molecule has 0 amide bonds. The number of aromatic nitrogens is 2. The van der Waals surface area contributed by atoms with Gasteiger partial charge in [0.2, 0.25) is 0 Å². The Kier molecular flexibility index (Phi) is 3.07. The van der Waals surface area contributed by atoms with Crippen molar-refractivity contribution in [3.05, 3.63) is 59.4 Å². The minimum absolute atomic E-state index is 0.567. The Hall–Kier alpha value is -2.13. The minimum Gasteiger partial charge on any atom is -0.387 e. The highest BCUT2D eigenvalue weighted by Crippen LogP contribution is 2.30. The van der Waals surface area contributed by atoms with Crippen LogP contribution in [0.25, 0.3) is 16.9 Å². The highest BCUT2D eigenvalue weighted by Gasteiger charge is 2.18. The van der Waals surface area contributed by atoms with Gasteiger partial charge in [0.25, 0.3) is 0 Å². The first-order valence-electron chi connectivity index (χ1n) is 6.81. The van der Waals surface area contributed by atoms with Crippen molar-refractivity contribution in [2.75, 3.05) is 0 Å². The van der Waals surface area contributed by atoms with E-state index in [-0.39, 0.29) is 0 Å². The normalized spacial score (nSPS) is 12.8. The van der Waals surface area contributed by atoms with Gasteiger partial charge in [0.15, 0.2) is 0 Å².